The third kappa shape index (κ3) is 12.6. The topological polar surface area (TPSA) is 134 Å². The molecule has 382 valence electrons. The highest BCUT2D eigenvalue weighted by Gasteiger charge is 2.47. The van der Waals surface area contributed by atoms with Gasteiger partial charge in [-0.25, -0.2) is 14.6 Å². The Bertz CT molecular complexity index is 2690. The summed E-state index contributed by atoms with van der Waals surface area (Å²) in [7, 11) is 0. The third-order valence-electron chi connectivity index (χ3n) is 13.2. The van der Waals surface area contributed by atoms with Crippen molar-refractivity contribution in [2.45, 2.75) is 63.7 Å². The van der Waals surface area contributed by atoms with Crippen LogP contribution >= 0.6 is 46.4 Å². The number of carbonyl (C=O) groups excluding carboxylic acids is 1. The van der Waals surface area contributed by atoms with Crippen LogP contribution < -0.4 is 19.3 Å². The molecule has 0 N–H and O–H groups in total. The molecule has 0 saturated carbocycles. The lowest BCUT2D eigenvalue weighted by Crippen LogP contribution is -2.48. The highest BCUT2D eigenvalue weighted by atomic mass is 35.5. The smallest absolute Gasteiger partial charge is 0.219 e. The molecule has 4 fully saturated rings. The average molecular weight is 1060 g/mol. The molecule has 20 heteroatoms. The molecule has 6 aromatic rings. The van der Waals surface area contributed by atoms with Crippen LogP contribution in [0.3, 0.4) is 0 Å². The maximum Gasteiger partial charge on any atom is 0.219 e. The first-order valence-corrected chi connectivity index (χ1v) is 25.6. The number of ether oxygens (including phenoxy) is 6. The van der Waals surface area contributed by atoms with Gasteiger partial charge in [0, 0.05) is 110 Å². The number of halogens is 4. The van der Waals surface area contributed by atoms with Gasteiger partial charge in [-0.05, 0) is 86.6 Å². The van der Waals surface area contributed by atoms with E-state index in [9.17, 15) is 4.79 Å². The summed E-state index contributed by atoms with van der Waals surface area (Å²) in [5.41, 5.74) is 3.73. The fourth-order valence-corrected chi connectivity index (χ4v) is 10.4. The standard InChI is InChI=1S/C26H31Cl2N5O3.C26H28Cl2N4O4/c1-19(2)31-9-11-32(12-10-31)21-4-6-22(7-5-21)34-14-23-15-35-26(36-23,16-33-18-29-17-30-33)24-8-3-20(27)13-25(24)28;1-19(33)31-10-12-32(13-11-31)21-3-5-22(6-4-21)34-15-23-16-35-26(36-23,17-30-9-8-29-18-30)24-7-2-20(27)14-25(24)28/h3-8,13,17-19,23H,9-12,14-16H2,1-2H3;2-9,14,18,23H,10-13,15-17H2,1H3/t2*23-,26-/m00/s1. The van der Waals surface area contributed by atoms with E-state index in [0.29, 0.717) is 76.8 Å². The fourth-order valence-electron chi connectivity index (χ4n) is 9.32. The van der Waals surface area contributed by atoms with E-state index in [1.807, 2.05) is 64.2 Å². The van der Waals surface area contributed by atoms with Crippen molar-refractivity contribution in [3.05, 3.63) is 148 Å². The summed E-state index contributed by atoms with van der Waals surface area (Å²) < 4.78 is 41.0. The van der Waals surface area contributed by atoms with E-state index in [1.165, 1.54) is 12.0 Å². The van der Waals surface area contributed by atoms with Crippen molar-refractivity contribution < 1.29 is 33.2 Å². The summed E-state index contributed by atoms with van der Waals surface area (Å²) in [6.45, 7) is 15.5. The van der Waals surface area contributed by atoms with Crippen LogP contribution in [0.25, 0.3) is 0 Å². The molecular weight excluding hydrogens is 1000 g/mol. The first-order chi connectivity index (χ1) is 34.8. The van der Waals surface area contributed by atoms with Crippen molar-refractivity contribution in [3.8, 4) is 11.5 Å². The van der Waals surface area contributed by atoms with Crippen molar-refractivity contribution in [1.82, 2.24) is 34.1 Å². The molecule has 0 unspecified atom stereocenters. The Morgan fingerprint density at radius 2 is 1.18 bits per heavy atom. The molecule has 1 amide bonds. The van der Waals surface area contributed by atoms with Gasteiger partial charge in [-0.3, -0.25) is 9.69 Å². The van der Waals surface area contributed by atoms with E-state index in [4.69, 9.17) is 74.8 Å². The largest absolute Gasteiger partial charge is 0.491 e. The van der Waals surface area contributed by atoms with Gasteiger partial charge in [-0.15, -0.1) is 0 Å². The molecule has 0 radical (unpaired) electrons. The molecule has 72 heavy (non-hydrogen) atoms. The SMILES string of the molecule is CC(=O)N1CCN(c2ccc(OC[C@H]3CO[C@](Cn4ccnc4)(c4ccc(Cl)cc4Cl)O3)cc2)CC1.CC(C)N1CCN(c2ccc(OC[C@H]3CO[C@](Cn4cncn4)(c4ccc(Cl)cc4Cl)O3)cc2)CC1. The predicted octanol–water partition coefficient (Wildman–Crippen LogP) is 8.67. The van der Waals surface area contributed by atoms with E-state index in [1.54, 1.807) is 54.7 Å². The molecule has 16 nitrogen and oxygen atoms in total. The van der Waals surface area contributed by atoms with Gasteiger partial charge < -0.3 is 47.7 Å². The van der Waals surface area contributed by atoms with Gasteiger partial charge in [0.25, 0.3) is 0 Å². The molecule has 6 heterocycles. The van der Waals surface area contributed by atoms with Gasteiger partial charge in [-0.1, -0.05) is 58.5 Å². The van der Waals surface area contributed by atoms with Crippen LogP contribution in [0.2, 0.25) is 20.1 Å². The molecule has 4 saturated heterocycles. The summed E-state index contributed by atoms with van der Waals surface area (Å²) in [6.07, 6.45) is 7.78. The Morgan fingerprint density at radius 3 is 1.62 bits per heavy atom. The lowest BCUT2D eigenvalue weighted by atomic mass is 10.1. The minimum Gasteiger partial charge on any atom is -0.491 e. The summed E-state index contributed by atoms with van der Waals surface area (Å²) in [5, 5.41) is 6.25. The minimum atomic E-state index is -1.12. The van der Waals surface area contributed by atoms with Crippen LogP contribution in [-0.4, -0.2) is 137 Å². The van der Waals surface area contributed by atoms with Crippen molar-refractivity contribution >= 4 is 63.7 Å². The van der Waals surface area contributed by atoms with E-state index in [-0.39, 0.29) is 18.1 Å². The van der Waals surface area contributed by atoms with Crippen molar-refractivity contribution in [2.75, 3.05) is 88.6 Å². The monoisotopic (exact) mass is 1060 g/mol. The zero-order valence-electron chi connectivity index (χ0n) is 40.5. The Balaban J connectivity index is 0.000000178. The normalized spacial score (nSPS) is 22.5. The van der Waals surface area contributed by atoms with Crippen molar-refractivity contribution in [2.24, 2.45) is 0 Å². The van der Waals surface area contributed by atoms with Crippen LogP contribution in [-0.2, 0) is 48.4 Å². The summed E-state index contributed by atoms with van der Waals surface area (Å²) in [5.74, 6) is -0.528. The number of rotatable bonds is 15. The first-order valence-electron chi connectivity index (χ1n) is 24.1. The molecule has 4 aromatic carbocycles. The highest BCUT2D eigenvalue weighted by Crippen LogP contribution is 2.42. The molecule has 0 spiro atoms. The number of nitrogens with zero attached hydrogens (tertiary/aromatic N) is 9. The third-order valence-corrected chi connectivity index (χ3v) is 14.3. The average Bonchev–Trinajstić information content (AvgIpc) is 4.24. The Labute approximate surface area is 440 Å². The lowest BCUT2D eigenvalue weighted by molar-refractivity contribution is -0.190. The van der Waals surface area contributed by atoms with E-state index in [0.717, 1.165) is 69.5 Å². The number of imidazole rings is 1. The number of hydrogen-bond donors (Lipinski definition) is 0. The van der Waals surface area contributed by atoms with Crippen molar-refractivity contribution in [1.29, 1.82) is 0 Å². The number of aromatic nitrogens is 5. The van der Waals surface area contributed by atoms with E-state index < -0.39 is 11.6 Å². The number of hydrogen-bond acceptors (Lipinski definition) is 13. The van der Waals surface area contributed by atoms with Crippen LogP contribution in [0, 0.1) is 0 Å². The Kier molecular flexibility index (Phi) is 16.8. The number of carbonyl (C=O) groups is 1. The highest BCUT2D eigenvalue weighted by molar-refractivity contribution is 6.35. The van der Waals surface area contributed by atoms with Crippen molar-refractivity contribution in [3.63, 3.8) is 0 Å². The molecule has 2 aromatic heterocycles. The maximum atomic E-state index is 11.6. The minimum absolute atomic E-state index is 0.129. The second-order valence-corrected chi connectivity index (χ2v) is 20.1. The predicted molar refractivity (Wildman–Crippen MR) is 277 cm³/mol. The van der Waals surface area contributed by atoms with Gasteiger partial charge in [-0.2, -0.15) is 5.10 Å². The number of anilines is 2. The summed E-state index contributed by atoms with van der Waals surface area (Å²) >= 11 is 25.3. The molecule has 0 aliphatic carbocycles. The molecule has 4 aliphatic heterocycles. The Morgan fingerprint density at radius 1 is 0.667 bits per heavy atom. The van der Waals surface area contributed by atoms with Crippen LogP contribution in [0.1, 0.15) is 31.9 Å². The van der Waals surface area contributed by atoms with E-state index >= 15 is 0 Å². The molecule has 4 atom stereocenters. The second kappa shape index (κ2) is 23.4. The van der Waals surface area contributed by atoms with Crippen LogP contribution in [0.5, 0.6) is 11.5 Å². The quantitative estimate of drug-likeness (QED) is 0.0973. The lowest BCUT2D eigenvalue weighted by Gasteiger charge is -2.38. The number of benzene rings is 4. The zero-order valence-corrected chi connectivity index (χ0v) is 43.5. The van der Waals surface area contributed by atoms with E-state index in [2.05, 4.69) is 55.7 Å². The number of amides is 1. The van der Waals surface area contributed by atoms with Crippen LogP contribution in [0.15, 0.2) is 116 Å². The summed E-state index contributed by atoms with van der Waals surface area (Å²) in [4.78, 5) is 28.8. The second-order valence-electron chi connectivity index (χ2n) is 18.4. The van der Waals surface area contributed by atoms with Crippen LogP contribution in [0.4, 0.5) is 11.4 Å². The molecule has 4 aliphatic rings. The number of piperazine rings is 2. The summed E-state index contributed by atoms with van der Waals surface area (Å²) in [6, 6.07) is 27.4. The molecule has 0 bridgehead atoms. The van der Waals surface area contributed by atoms with Gasteiger partial charge in [0.2, 0.25) is 17.5 Å². The van der Waals surface area contributed by atoms with Gasteiger partial charge in [0.1, 0.15) is 56.1 Å². The Hall–Kier alpha value is -5.14. The molecular formula is C52H59Cl4N9O7. The maximum absolute atomic E-state index is 11.6. The van der Waals surface area contributed by atoms with Gasteiger partial charge >= 0.3 is 0 Å². The van der Waals surface area contributed by atoms with Gasteiger partial charge in [0.05, 0.1) is 36.1 Å². The first kappa shape index (κ1) is 51.7. The zero-order chi connectivity index (χ0) is 50.2. The molecule has 10 rings (SSSR count). The van der Waals surface area contributed by atoms with Gasteiger partial charge in [0.15, 0.2) is 0 Å². The fraction of sp³-hybridized carbons (Fsp3) is 0.423.